The lowest BCUT2D eigenvalue weighted by Gasteiger charge is -2.34. The first-order valence-corrected chi connectivity index (χ1v) is 7.21. The van der Waals surface area contributed by atoms with Crippen LogP contribution in [0.2, 0.25) is 0 Å². The summed E-state index contributed by atoms with van der Waals surface area (Å²) in [5.41, 5.74) is 0. The molecule has 1 N–H and O–H groups in total. The summed E-state index contributed by atoms with van der Waals surface area (Å²) >= 11 is 0. The van der Waals surface area contributed by atoms with Gasteiger partial charge in [0.25, 0.3) is 0 Å². The van der Waals surface area contributed by atoms with Crippen LogP contribution in [0.3, 0.4) is 0 Å². The summed E-state index contributed by atoms with van der Waals surface area (Å²) in [7, 11) is 0. The van der Waals surface area contributed by atoms with E-state index in [1.807, 2.05) is 4.90 Å². The van der Waals surface area contributed by atoms with Gasteiger partial charge in [0.2, 0.25) is 0 Å². The van der Waals surface area contributed by atoms with Gasteiger partial charge in [0.05, 0.1) is 13.2 Å². The minimum atomic E-state index is 0.231. The van der Waals surface area contributed by atoms with E-state index in [4.69, 9.17) is 4.74 Å². The van der Waals surface area contributed by atoms with E-state index in [0.717, 1.165) is 26.2 Å². The fourth-order valence-corrected chi connectivity index (χ4v) is 2.86. The molecule has 0 aromatic heterocycles. The van der Waals surface area contributed by atoms with Crippen molar-refractivity contribution in [1.29, 1.82) is 0 Å². The summed E-state index contributed by atoms with van der Waals surface area (Å²) in [5, 5.41) is 3.49. The van der Waals surface area contributed by atoms with Crippen molar-refractivity contribution in [3.05, 3.63) is 0 Å². The minimum absolute atomic E-state index is 0.231. The van der Waals surface area contributed by atoms with Crippen molar-refractivity contribution in [2.75, 3.05) is 39.4 Å². The van der Waals surface area contributed by atoms with Crippen LogP contribution in [0.1, 0.15) is 25.7 Å². The van der Waals surface area contributed by atoms with Gasteiger partial charge >= 0.3 is 6.03 Å². The average molecular weight is 253 g/mol. The molecule has 5 heteroatoms. The van der Waals surface area contributed by atoms with Gasteiger partial charge in [-0.05, 0) is 32.2 Å². The normalized spacial score (nSPS) is 28.4. The number of hydrogen-bond acceptors (Lipinski definition) is 3. The molecule has 0 spiro atoms. The van der Waals surface area contributed by atoms with Crippen LogP contribution in [-0.4, -0.2) is 67.3 Å². The first-order chi connectivity index (χ1) is 8.84. The van der Waals surface area contributed by atoms with Gasteiger partial charge in [-0.2, -0.15) is 0 Å². The molecule has 3 aliphatic rings. The van der Waals surface area contributed by atoms with Gasteiger partial charge in [0.15, 0.2) is 0 Å². The zero-order valence-corrected chi connectivity index (χ0v) is 10.9. The standard InChI is InChI=1S/C13H23N3O2/c17-13(15-6-8-18-9-7-15)16(12-3-4-12)10-11-2-1-5-14-11/h11-12,14H,1-10H2. The number of ether oxygens (including phenoxy) is 1. The van der Waals surface area contributed by atoms with Crippen molar-refractivity contribution < 1.29 is 9.53 Å². The van der Waals surface area contributed by atoms with Crippen molar-refractivity contribution in [2.24, 2.45) is 0 Å². The predicted molar refractivity (Wildman–Crippen MR) is 68.5 cm³/mol. The largest absolute Gasteiger partial charge is 0.378 e. The lowest BCUT2D eigenvalue weighted by atomic mass is 10.2. The fraction of sp³-hybridized carbons (Fsp3) is 0.923. The third-order valence-electron chi connectivity index (χ3n) is 4.09. The van der Waals surface area contributed by atoms with E-state index < -0.39 is 0 Å². The lowest BCUT2D eigenvalue weighted by molar-refractivity contribution is 0.0419. The molecule has 1 saturated carbocycles. The van der Waals surface area contributed by atoms with E-state index in [-0.39, 0.29) is 6.03 Å². The van der Waals surface area contributed by atoms with Crippen LogP contribution in [-0.2, 0) is 4.74 Å². The number of amides is 2. The maximum Gasteiger partial charge on any atom is 0.320 e. The molecule has 102 valence electrons. The molecule has 2 heterocycles. The van der Waals surface area contributed by atoms with Crippen LogP contribution >= 0.6 is 0 Å². The lowest BCUT2D eigenvalue weighted by Crippen LogP contribution is -2.51. The van der Waals surface area contributed by atoms with E-state index in [9.17, 15) is 4.79 Å². The Labute approximate surface area is 108 Å². The number of carbonyl (C=O) groups excluding carboxylic acids is 1. The number of rotatable bonds is 3. The third kappa shape index (κ3) is 2.78. The molecule has 0 radical (unpaired) electrons. The second-order valence-electron chi connectivity index (χ2n) is 5.56. The second kappa shape index (κ2) is 5.45. The smallest absolute Gasteiger partial charge is 0.320 e. The monoisotopic (exact) mass is 253 g/mol. The van der Waals surface area contributed by atoms with Crippen molar-refractivity contribution in [3.63, 3.8) is 0 Å². The summed E-state index contributed by atoms with van der Waals surface area (Å²) in [4.78, 5) is 16.6. The number of nitrogens with zero attached hydrogens (tertiary/aromatic N) is 2. The maximum absolute atomic E-state index is 12.5. The summed E-state index contributed by atoms with van der Waals surface area (Å²) in [6, 6.07) is 1.24. The molecule has 2 saturated heterocycles. The number of nitrogens with one attached hydrogen (secondary N) is 1. The van der Waals surface area contributed by atoms with Crippen molar-refractivity contribution >= 4 is 6.03 Å². The molecule has 0 aromatic rings. The first-order valence-electron chi connectivity index (χ1n) is 7.21. The molecule has 2 aliphatic heterocycles. The van der Waals surface area contributed by atoms with Gasteiger partial charge in [-0.25, -0.2) is 4.79 Å². The van der Waals surface area contributed by atoms with Crippen LogP contribution in [0.4, 0.5) is 4.79 Å². The number of morpholine rings is 1. The predicted octanol–water partition coefficient (Wildman–Crippen LogP) is 0.655. The van der Waals surface area contributed by atoms with Crippen LogP contribution in [0.25, 0.3) is 0 Å². The van der Waals surface area contributed by atoms with E-state index in [0.29, 0.717) is 25.3 Å². The second-order valence-corrected chi connectivity index (χ2v) is 5.56. The SMILES string of the molecule is O=C(N1CCOCC1)N(CC1CCCN1)C1CC1. The van der Waals surface area contributed by atoms with E-state index in [2.05, 4.69) is 10.2 Å². The van der Waals surface area contributed by atoms with Crippen LogP contribution < -0.4 is 5.32 Å². The van der Waals surface area contributed by atoms with Gasteiger partial charge < -0.3 is 19.9 Å². The molecule has 3 rings (SSSR count). The summed E-state index contributed by atoms with van der Waals surface area (Å²) in [6.45, 7) is 4.87. The molecule has 0 bridgehead atoms. The minimum Gasteiger partial charge on any atom is -0.378 e. The summed E-state index contributed by atoms with van der Waals surface area (Å²) in [5.74, 6) is 0. The molecule has 18 heavy (non-hydrogen) atoms. The Hall–Kier alpha value is -0.810. The van der Waals surface area contributed by atoms with E-state index in [1.165, 1.54) is 25.7 Å². The van der Waals surface area contributed by atoms with Crippen molar-refractivity contribution in [1.82, 2.24) is 15.1 Å². The first kappa shape index (κ1) is 12.2. The van der Waals surface area contributed by atoms with Crippen LogP contribution in [0.15, 0.2) is 0 Å². The van der Waals surface area contributed by atoms with Crippen LogP contribution in [0, 0.1) is 0 Å². The highest BCUT2D eigenvalue weighted by atomic mass is 16.5. The quantitative estimate of drug-likeness (QED) is 0.803. The Morgan fingerprint density at radius 2 is 2.06 bits per heavy atom. The Balaban J connectivity index is 1.59. The summed E-state index contributed by atoms with van der Waals surface area (Å²) in [6.07, 6.45) is 4.82. The highest BCUT2D eigenvalue weighted by Crippen LogP contribution is 2.28. The average Bonchev–Trinajstić information content (AvgIpc) is 3.13. The highest BCUT2D eigenvalue weighted by molar-refractivity contribution is 5.75. The molecule has 1 aliphatic carbocycles. The molecule has 2 amide bonds. The molecular formula is C13H23N3O2. The number of carbonyl (C=O) groups is 1. The Bertz CT molecular complexity index is 295. The Kier molecular flexibility index (Phi) is 3.70. The fourth-order valence-electron chi connectivity index (χ4n) is 2.86. The van der Waals surface area contributed by atoms with Gasteiger partial charge in [-0.15, -0.1) is 0 Å². The van der Waals surface area contributed by atoms with E-state index in [1.54, 1.807) is 0 Å². The maximum atomic E-state index is 12.5. The van der Waals surface area contributed by atoms with Gasteiger partial charge in [0.1, 0.15) is 0 Å². The molecule has 1 atom stereocenters. The highest BCUT2D eigenvalue weighted by Gasteiger charge is 2.36. The molecular weight excluding hydrogens is 230 g/mol. The third-order valence-corrected chi connectivity index (χ3v) is 4.09. The van der Waals surface area contributed by atoms with E-state index >= 15 is 0 Å². The molecule has 3 fully saturated rings. The van der Waals surface area contributed by atoms with Gasteiger partial charge in [0, 0.05) is 31.7 Å². The van der Waals surface area contributed by atoms with Crippen LogP contribution in [0.5, 0.6) is 0 Å². The number of urea groups is 1. The van der Waals surface area contributed by atoms with Gasteiger partial charge in [-0.3, -0.25) is 0 Å². The van der Waals surface area contributed by atoms with Gasteiger partial charge in [-0.1, -0.05) is 0 Å². The molecule has 5 nitrogen and oxygen atoms in total. The van der Waals surface area contributed by atoms with Crippen molar-refractivity contribution in [2.45, 2.75) is 37.8 Å². The zero-order chi connectivity index (χ0) is 12.4. The topological polar surface area (TPSA) is 44.8 Å². The molecule has 0 aromatic carbocycles. The zero-order valence-electron chi connectivity index (χ0n) is 10.9. The van der Waals surface area contributed by atoms with Crippen molar-refractivity contribution in [3.8, 4) is 0 Å². The summed E-state index contributed by atoms with van der Waals surface area (Å²) < 4.78 is 5.31. The molecule has 1 unspecified atom stereocenters. The Morgan fingerprint density at radius 3 is 2.67 bits per heavy atom. The Morgan fingerprint density at radius 1 is 1.28 bits per heavy atom. The number of hydrogen-bond donors (Lipinski definition) is 1.